The first kappa shape index (κ1) is 21.0. The van der Waals surface area contributed by atoms with Gasteiger partial charge in [0.25, 0.3) is 17.5 Å². The highest BCUT2D eigenvalue weighted by Crippen LogP contribution is 2.31. The number of β-amino-alcohol motifs (C(OH)–C–C–N with tert-alkyl or cyclic N) is 1. The second-order valence-corrected chi connectivity index (χ2v) is 6.62. The highest BCUT2D eigenvalue weighted by atomic mass is 16.6. The van der Waals surface area contributed by atoms with Crippen molar-refractivity contribution in [1.29, 1.82) is 0 Å². The molecule has 0 aromatic heterocycles. The van der Waals surface area contributed by atoms with Gasteiger partial charge in [0.15, 0.2) is 11.5 Å². The summed E-state index contributed by atoms with van der Waals surface area (Å²) in [4.78, 5) is 36.3. The van der Waals surface area contributed by atoms with Crippen LogP contribution in [0.25, 0.3) is 0 Å². The number of nitro benzene ring substituents is 1. The summed E-state index contributed by atoms with van der Waals surface area (Å²) in [5, 5.41) is 21.5. The van der Waals surface area contributed by atoms with Crippen LogP contribution in [0.3, 0.4) is 0 Å². The van der Waals surface area contributed by atoms with Crippen molar-refractivity contribution in [2.75, 3.05) is 20.3 Å². The standard InChI is InChI=1S/C21H20N2O7/c1-3-5-13-8-9-17(18(10-13)29-2)30-12-14(24)11-22-20(25)15-6-4-7-16(23(27)28)19(15)21(22)26/h3-4,6-10,14,24H,1,5,11-12H2,2H3. The molecule has 2 amide bonds. The van der Waals surface area contributed by atoms with E-state index in [4.69, 9.17) is 9.47 Å². The first-order valence-corrected chi connectivity index (χ1v) is 9.09. The zero-order chi connectivity index (χ0) is 21.8. The van der Waals surface area contributed by atoms with E-state index in [0.717, 1.165) is 16.5 Å². The summed E-state index contributed by atoms with van der Waals surface area (Å²) in [6.45, 7) is 3.11. The zero-order valence-electron chi connectivity index (χ0n) is 16.2. The van der Waals surface area contributed by atoms with Gasteiger partial charge in [0.05, 0.1) is 24.1 Å². The van der Waals surface area contributed by atoms with Crippen molar-refractivity contribution in [2.24, 2.45) is 0 Å². The number of carbonyl (C=O) groups is 2. The fraction of sp³-hybridized carbons (Fsp3) is 0.238. The quantitative estimate of drug-likeness (QED) is 0.291. The summed E-state index contributed by atoms with van der Waals surface area (Å²) < 4.78 is 10.9. The van der Waals surface area contributed by atoms with E-state index in [0.29, 0.717) is 17.9 Å². The molecule has 9 nitrogen and oxygen atoms in total. The minimum atomic E-state index is -1.20. The number of benzene rings is 2. The van der Waals surface area contributed by atoms with Gasteiger partial charge in [-0.25, -0.2) is 0 Å². The van der Waals surface area contributed by atoms with Gasteiger partial charge in [-0.2, -0.15) is 0 Å². The van der Waals surface area contributed by atoms with Crippen LogP contribution in [-0.2, 0) is 6.42 Å². The third kappa shape index (κ3) is 4.01. The lowest BCUT2D eigenvalue weighted by Crippen LogP contribution is -2.39. The Morgan fingerprint density at radius 1 is 1.23 bits per heavy atom. The van der Waals surface area contributed by atoms with Gasteiger partial charge in [-0.05, 0) is 30.2 Å². The van der Waals surface area contributed by atoms with Gasteiger partial charge in [-0.15, -0.1) is 6.58 Å². The molecule has 0 saturated carbocycles. The number of fused-ring (bicyclic) bond motifs is 1. The number of aliphatic hydroxyl groups is 1. The van der Waals surface area contributed by atoms with E-state index in [9.17, 15) is 24.8 Å². The van der Waals surface area contributed by atoms with Gasteiger partial charge in [0, 0.05) is 6.07 Å². The van der Waals surface area contributed by atoms with Crippen LogP contribution in [0.1, 0.15) is 26.3 Å². The Hall–Kier alpha value is -3.72. The smallest absolute Gasteiger partial charge is 0.282 e. The van der Waals surface area contributed by atoms with Crippen LogP contribution in [0.4, 0.5) is 5.69 Å². The highest BCUT2D eigenvalue weighted by molar-refractivity contribution is 6.23. The summed E-state index contributed by atoms with van der Waals surface area (Å²) in [5.74, 6) is -0.642. The maximum absolute atomic E-state index is 12.6. The number of methoxy groups -OCH3 is 1. The van der Waals surface area contributed by atoms with Crippen molar-refractivity contribution in [3.05, 3.63) is 75.9 Å². The first-order valence-electron chi connectivity index (χ1n) is 9.09. The van der Waals surface area contributed by atoms with E-state index < -0.39 is 28.5 Å². The predicted molar refractivity (Wildman–Crippen MR) is 107 cm³/mol. The highest BCUT2D eigenvalue weighted by Gasteiger charge is 2.41. The van der Waals surface area contributed by atoms with Crippen LogP contribution in [0.5, 0.6) is 11.5 Å². The Kier molecular flexibility index (Phi) is 6.12. The topological polar surface area (TPSA) is 119 Å². The molecule has 1 unspecified atom stereocenters. The molecule has 0 saturated heterocycles. The Balaban J connectivity index is 1.69. The summed E-state index contributed by atoms with van der Waals surface area (Å²) in [6.07, 6.45) is 1.21. The van der Waals surface area contributed by atoms with Crippen LogP contribution in [0.15, 0.2) is 49.1 Å². The minimum absolute atomic E-state index is 0.0539. The molecule has 9 heteroatoms. The van der Waals surface area contributed by atoms with Crippen LogP contribution >= 0.6 is 0 Å². The summed E-state index contributed by atoms with van der Waals surface area (Å²) in [7, 11) is 1.49. The second-order valence-electron chi connectivity index (χ2n) is 6.62. The van der Waals surface area contributed by atoms with E-state index in [-0.39, 0.29) is 24.3 Å². The van der Waals surface area contributed by atoms with E-state index in [1.165, 1.54) is 19.2 Å². The van der Waals surface area contributed by atoms with Crippen molar-refractivity contribution in [3.63, 3.8) is 0 Å². The number of carbonyl (C=O) groups excluding carboxylic acids is 2. The molecule has 0 aliphatic carbocycles. The molecule has 3 rings (SSSR count). The number of nitro groups is 1. The lowest BCUT2D eigenvalue weighted by molar-refractivity contribution is -0.385. The molecule has 1 aliphatic heterocycles. The number of hydrogen-bond acceptors (Lipinski definition) is 7. The Labute approximate surface area is 172 Å². The summed E-state index contributed by atoms with van der Waals surface area (Å²) in [5.41, 5.74) is 0.215. The van der Waals surface area contributed by atoms with Crippen LogP contribution in [0.2, 0.25) is 0 Å². The van der Waals surface area contributed by atoms with Crippen LogP contribution in [-0.4, -0.2) is 53.1 Å². The van der Waals surface area contributed by atoms with Crippen LogP contribution in [0, 0.1) is 10.1 Å². The SMILES string of the molecule is C=CCc1ccc(OCC(O)CN2C(=O)c3cccc([N+](=O)[O-])c3C2=O)c(OC)c1. The van der Waals surface area contributed by atoms with Crippen molar-refractivity contribution in [2.45, 2.75) is 12.5 Å². The van der Waals surface area contributed by atoms with Crippen molar-refractivity contribution in [3.8, 4) is 11.5 Å². The molecule has 1 heterocycles. The second kappa shape index (κ2) is 8.75. The van der Waals surface area contributed by atoms with E-state index in [1.54, 1.807) is 18.2 Å². The molecule has 0 spiro atoms. The van der Waals surface area contributed by atoms with Crippen LogP contribution < -0.4 is 9.47 Å². The molecule has 2 aromatic carbocycles. The molecular weight excluding hydrogens is 392 g/mol. The Morgan fingerprint density at radius 3 is 2.67 bits per heavy atom. The van der Waals surface area contributed by atoms with Crippen molar-refractivity contribution < 1.29 is 29.1 Å². The average Bonchev–Trinajstić information content (AvgIpc) is 2.97. The first-order chi connectivity index (χ1) is 14.4. The average molecular weight is 412 g/mol. The number of rotatable bonds is 9. The molecule has 30 heavy (non-hydrogen) atoms. The number of hydrogen-bond donors (Lipinski definition) is 1. The lowest BCUT2D eigenvalue weighted by atomic mass is 10.1. The number of ether oxygens (including phenoxy) is 2. The monoisotopic (exact) mass is 412 g/mol. The summed E-state index contributed by atoms with van der Waals surface area (Å²) >= 11 is 0. The van der Waals surface area contributed by atoms with Gasteiger partial charge in [0.2, 0.25) is 0 Å². The van der Waals surface area contributed by atoms with Gasteiger partial charge < -0.3 is 14.6 Å². The molecule has 156 valence electrons. The number of amides is 2. The van der Waals surface area contributed by atoms with Gasteiger partial charge in [-0.1, -0.05) is 18.2 Å². The number of imide groups is 1. The molecular formula is C21H20N2O7. The van der Waals surface area contributed by atoms with E-state index >= 15 is 0 Å². The van der Waals surface area contributed by atoms with E-state index in [1.807, 2.05) is 6.07 Å². The molecule has 1 aliphatic rings. The minimum Gasteiger partial charge on any atom is -0.493 e. The number of aliphatic hydroxyl groups excluding tert-OH is 1. The fourth-order valence-corrected chi connectivity index (χ4v) is 3.21. The third-order valence-corrected chi connectivity index (χ3v) is 4.61. The molecule has 0 radical (unpaired) electrons. The predicted octanol–water partition coefficient (Wildman–Crippen LogP) is 2.37. The van der Waals surface area contributed by atoms with Crippen molar-refractivity contribution in [1.82, 2.24) is 4.90 Å². The van der Waals surface area contributed by atoms with E-state index in [2.05, 4.69) is 6.58 Å². The molecule has 1 N–H and O–H groups in total. The molecule has 0 bridgehead atoms. The van der Waals surface area contributed by atoms with Gasteiger partial charge in [-0.3, -0.25) is 24.6 Å². The normalized spacial score (nSPS) is 13.7. The largest absolute Gasteiger partial charge is 0.493 e. The zero-order valence-corrected chi connectivity index (χ0v) is 16.2. The molecule has 2 aromatic rings. The third-order valence-electron chi connectivity index (χ3n) is 4.61. The van der Waals surface area contributed by atoms with Gasteiger partial charge in [0.1, 0.15) is 18.3 Å². The molecule has 0 fully saturated rings. The maximum Gasteiger partial charge on any atom is 0.282 e. The Morgan fingerprint density at radius 2 is 2.00 bits per heavy atom. The van der Waals surface area contributed by atoms with Gasteiger partial charge >= 0.3 is 0 Å². The number of nitrogens with zero attached hydrogens (tertiary/aromatic N) is 2. The summed E-state index contributed by atoms with van der Waals surface area (Å²) in [6, 6.07) is 9.15. The lowest BCUT2D eigenvalue weighted by Gasteiger charge is -2.19. The number of allylic oxidation sites excluding steroid dienone is 1. The van der Waals surface area contributed by atoms with Crippen molar-refractivity contribution >= 4 is 17.5 Å². The molecule has 1 atom stereocenters. The Bertz CT molecular complexity index is 1020. The fourth-order valence-electron chi connectivity index (χ4n) is 3.21. The maximum atomic E-state index is 12.6.